The minimum absolute atomic E-state index is 0.0731. The number of fused-ring (bicyclic) bond motifs is 1. The largest absolute Gasteiger partial charge is 0.451 e. The van der Waals surface area contributed by atoms with Crippen LogP contribution >= 0.6 is 0 Å². The number of piperazine rings is 1. The molecule has 0 saturated carbocycles. The van der Waals surface area contributed by atoms with Gasteiger partial charge in [0.2, 0.25) is 0 Å². The zero-order valence-corrected chi connectivity index (χ0v) is 14.9. The van der Waals surface area contributed by atoms with Crippen LogP contribution in [0.3, 0.4) is 0 Å². The van der Waals surface area contributed by atoms with Crippen molar-refractivity contribution in [3.8, 4) is 0 Å². The van der Waals surface area contributed by atoms with Crippen LogP contribution in [0.4, 0.5) is 11.4 Å². The monoisotopic (exact) mass is 365 g/mol. The van der Waals surface area contributed by atoms with Gasteiger partial charge in [-0.2, -0.15) is 0 Å². The molecule has 138 valence electrons. The minimum Gasteiger partial charge on any atom is -0.451 e. The molecule has 1 aliphatic rings. The zero-order valence-electron chi connectivity index (χ0n) is 14.9. The molecule has 0 spiro atoms. The van der Waals surface area contributed by atoms with Gasteiger partial charge < -0.3 is 14.2 Å². The Hall–Kier alpha value is -3.35. The van der Waals surface area contributed by atoms with Crippen LogP contribution in [0.5, 0.6) is 0 Å². The molecule has 0 aliphatic carbocycles. The normalized spacial score (nSPS) is 14.6. The summed E-state index contributed by atoms with van der Waals surface area (Å²) in [6.45, 7) is 4.22. The molecule has 0 N–H and O–H groups in total. The van der Waals surface area contributed by atoms with Crippen LogP contribution in [-0.2, 0) is 0 Å². The molecular formula is C20H19N3O4. The molecule has 7 nitrogen and oxygen atoms in total. The van der Waals surface area contributed by atoms with Gasteiger partial charge >= 0.3 is 0 Å². The molecule has 3 aromatic rings. The summed E-state index contributed by atoms with van der Waals surface area (Å²) >= 11 is 0. The van der Waals surface area contributed by atoms with Crippen molar-refractivity contribution in [2.45, 2.75) is 6.92 Å². The number of nitro benzene ring substituents is 1. The Balaban J connectivity index is 1.48. The molecule has 1 amide bonds. The molecule has 0 unspecified atom stereocenters. The first-order valence-corrected chi connectivity index (χ1v) is 8.81. The van der Waals surface area contributed by atoms with Crippen molar-refractivity contribution in [3.63, 3.8) is 0 Å². The van der Waals surface area contributed by atoms with Gasteiger partial charge in [-0.1, -0.05) is 24.3 Å². The van der Waals surface area contributed by atoms with Crippen LogP contribution in [0.15, 0.2) is 52.9 Å². The Kier molecular flexibility index (Phi) is 4.27. The number of hydrogen-bond acceptors (Lipinski definition) is 5. The lowest BCUT2D eigenvalue weighted by Gasteiger charge is -2.35. The summed E-state index contributed by atoms with van der Waals surface area (Å²) in [5, 5.41) is 11.9. The van der Waals surface area contributed by atoms with Crippen LogP contribution in [0, 0.1) is 17.0 Å². The number of carbonyl (C=O) groups is 1. The summed E-state index contributed by atoms with van der Waals surface area (Å²) in [5.41, 5.74) is 2.45. The summed E-state index contributed by atoms with van der Waals surface area (Å²) in [7, 11) is 0. The fourth-order valence-corrected chi connectivity index (χ4v) is 3.49. The lowest BCUT2D eigenvalue weighted by Crippen LogP contribution is -2.48. The molecule has 0 bridgehead atoms. The molecule has 27 heavy (non-hydrogen) atoms. The molecule has 0 radical (unpaired) electrons. The van der Waals surface area contributed by atoms with Gasteiger partial charge in [0.15, 0.2) is 5.76 Å². The van der Waals surface area contributed by atoms with E-state index in [1.54, 1.807) is 17.0 Å². The van der Waals surface area contributed by atoms with Crippen LogP contribution in [-0.4, -0.2) is 41.9 Å². The van der Waals surface area contributed by atoms with Crippen molar-refractivity contribution in [1.29, 1.82) is 0 Å². The van der Waals surface area contributed by atoms with Crippen molar-refractivity contribution in [2.24, 2.45) is 0 Å². The lowest BCUT2D eigenvalue weighted by molar-refractivity contribution is -0.384. The molecule has 0 atom stereocenters. The second kappa shape index (κ2) is 6.75. The minimum atomic E-state index is -0.395. The molecule has 4 rings (SSSR count). The molecule has 7 heteroatoms. The van der Waals surface area contributed by atoms with Crippen LogP contribution in [0.2, 0.25) is 0 Å². The summed E-state index contributed by atoms with van der Waals surface area (Å²) in [6.07, 6.45) is 0. The highest BCUT2D eigenvalue weighted by Crippen LogP contribution is 2.27. The second-order valence-corrected chi connectivity index (χ2v) is 6.61. The third-order valence-electron chi connectivity index (χ3n) is 5.01. The highest BCUT2D eigenvalue weighted by molar-refractivity contribution is 5.99. The molecule has 2 aromatic carbocycles. The van der Waals surface area contributed by atoms with Gasteiger partial charge in [0, 0.05) is 54.9 Å². The number of hydrogen-bond donors (Lipinski definition) is 0. The quantitative estimate of drug-likeness (QED) is 0.523. The maximum Gasteiger partial charge on any atom is 0.290 e. The molecule has 2 heterocycles. The molecular weight excluding hydrogens is 346 g/mol. The number of nitrogens with zero attached hydrogens (tertiary/aromatic N) is 3. The standard InChI is InChI=1S/C20H19N3O4/c1-14-17-7-2-3-8-18(17)27-19(14)20(24)22-11-9-21(10-12-22)15-5-4-6-16(13-15)23(25)26/h2-8,13H,9-12H2,1H3. The number of rotatable bonds is 3. The summed E-state index contributed by atoms with van der Waals surface area (Å²) in [5.74, 6) is 0.280. The van der Waals surface area contributed by atoms with Crippen LogP contribution in [0.1, 0.15) is 16.1 Å². The number of non-ortho nitro benzene ring substituents is 1. The zero-order chi connectivity index (χ0) is 19.0. The van der Waals surface area contributed by atoms with Gasteiger partial charge in [0.05, 0.1) is 4.92 Å². The van der Waals surface area contributed by atoms with Gasteiger partial charge in [-0.15, -0.1) is 0 Å². The number of anilines is 1. The third-order valence-corrected chi connectivity index (χ3v) is 5.01. The topological polar surface area (TPSA) is 79.8 Å². The van der Waals surface area contributed by atoms with Crippen molar-refractivity contribution in [2.75, 3.05) is 31.1 Å². The maximum atomic E-state index is 12.9. The van der Waals surface area contributed by atoms with E-state index in [9.17, 15) is 14.9 Å². The van der Waals surface area contributed by atoms with Gasteiger partial charge in [-0.25, -0.2) is 0 Å². The van der Waals surface area contributed by atoms with Crippen molar-refractivity contribution in [3.05, 3.63) is 70.0 Å². The first-order valence-electron chi connectivity index (χ1n) is 8.81. The Bertz CT molecular complexity index is 1020. The van der Waals surface area contributed by atoms with Gasteiger partial charge in [0.1, 0.15) is 5.58 Å². The van der Waals surface area contributed by atoms with E-state index in [1.807, 2.05) is 37.3 Å². The van der Waals surface area contributed by atoms with Gasteiger partial charge in [-0.3, -0.25) is 14.9 Å². The average Bonchev–Trinajstić information content (AvgIpc) is 3.04. The number of furan rings is 1. The molecule has 1 fully saturated rings. The smallest absolute Gasteiger partial charge is 0.290 e. The summed E-state index contributed by atoms with van der Waals surface area (Å²) < 4.78 is 5.79. The van der Waals surface area contributed by atoms with E-state index in [0.29, 0.717) is 37.5 Å². The van der Waals surface area contributed by atoms with Crippen LogP contribution in [0.25, 0.3) is 11.0 Å². The van der Waals surface area contributed by atoms with E-state index >= 15 is 0 Å². The highest BCUT2D eigenvalue weighted by atomic mass is 16.6. The third kappa shape index (κ3) is 3.12. The fourth-order valence-electron chi connectivity index (χ4n) is 3.49. The summed E-state index contributed by atoms with van der Waals surface area (Å²) in [6, 6.07) is 14.2. The van der Waals surface area contributed by atoms with Crippen molar-refractivity contribution in [1.82, 2.24) is 4.90 Å². The van der Waals surface area contributed by atoms with Crippen LogP contribution < -0.4 is 4.90 Å². The molecule has 1 aliphatic heterocycles. The molecule has 1 aromatic heterocycles. The Morgan fingerprint density at radius 3 is 2.52 bits per heavy atom. The highest BCUT2D eigenvalue weighted by Gasteiger charge is 2.27. The maximum absolute atomic E-state index is 12.9. The lowest BCUT2D eigenvalue weighted by atomic mass is 10.1. The Morgan fingerprint density at radius 2 is 1.81 bits per heavy atom. The van der Waals surface area contributed by atoms with Crippen molar-refractivity contribution >= 4 is 28.3 Å². The predicted molar refractivity (Wildman–Crippen MR) is 102 cm³/mol. The molecule has 1 saturated heterocycles. The fraction of sp³-hybridized carbons (Fsp3) is 0.250. The van der Waals surface area contributed by atoms with Gasteiger partial charge in [-0.05, 0) is 19.1 Å². The number of benzene rings is 2. The van der Waals surface area contributed by atoms with E-state index in [1.165, 1.54) is 6.07 Å². The average molecular weight is 365 g/mol. The SMILES string of the molecule is Cc1c(C(=O)N2CCN(c3cccc([N+](=O)[O-])c3)CC2)oc2ccccc12. The number of carbonyl (C=O) groups excluding carboxylic acids is 1. The van der Waals surface area contributed by atoms with E-state index in [2.05, 4.69) is 4.90 Å². The number of aryl methyl sites for hydroxylation is 1. The Labute approximate surface area is 155 Å². The van der Waals surface area contributed by atoms with Crippen molar-refractivity contribution < 1.29 is 14.1 Å². The Morgan fingerprint density at radius 1 is 1.07 bits per heavy atom. The number of amides is 1. The van der Waals surface area contributed by atoms with E-state index in [0.717, 1.165) is 16.6 Å². The number of nitro groups is 1. The predicted octanol–water partition coefficient (Wildman–Crippen LogP) is 3.61. The first-order chi connectivity index (χ1) is 13.0. The van der Waals surface area contributed by atoms with E-state index in [4.69, 9.17) is 4.42 Å². The second-order valence-electron chi connectivity index (χ2n) is 6.61. The van der Waals surface area contributed by atoms with E-state index < -0.39 is 4.92 Å². The summed E-state index contributed by atoms with van der Waals surface area (Å²) in [4.78, 5) is 27.3. The van der Waals surface area contributed by atoms with E-state index in [-0.39, 0.29) is 11.6 Å². The number of para-hydroxylation sites is 1. The first kappa shape index (κ1) is 17.1. The van der Waals surface area contributed by atoms with Gasteiger partial charge in [0.25, 0.3) is 11.6 Å².